The first-order valence-electron chi connectivity index (χ1n) is 13.8. The third kappa shape index (κ3) is 8.23. The third-order valence-corrected chi connectivity index (χ3v) is 6.14. The van der Waals surface area contributed by atoms with Crippen LogP contribution in [0.4, 0.5) is 30.7 Å². The number of hydrogen-bond acceptors (Lipinski definition) is 4. The summed E-state index contributed by atoms with van der Waals surface area (Å²) in [6.45, 7) is 6.84. The molecule has 3 aromatic rings. The molecule has 0 atom stereocenters. The van der Waals surface area contributed by atoms with Crippen LogP contribution < -0.4 is 18.9 Å². The van der Waals surface area contributed by atoms with E-state index in [2.05, 4.69) is 4.74 Å². The minimum absolute atomic E-state index is 0.126. The fourth-order valence-electron chi connectivity index (χ4n) is 3.93. The van der Waals surface area contributed by atoms with E-state index in [0.29, 0.717) is 37.3 Å². The number of unbranched alkanes of at least 4 members (excludes halogenated alkanes) is 3. The number of benzene rings is 3. The Morgan fingerprint density at radius 3 is 1.48 bits per heavy atom. The summed E-state index contributed by atoms with van der Waals surface area (Å²) in [7, 11) is 0. The molecule has 0 unspecified atom stereocenters. The van der Waals surface area contributed by atoms with Gasteiger partial charge in [0.15, 0.2) is 17.5 Å². The molecule has 0 saturated heterocycles. The summed E-state index contributed by atoms with van der Waals surface area (Å²) < 4.78 is 123. The second-order valence-corrected chi connectivity index (χ2v) is 9.54. The largest absolute Gasteiger partial charge is 0.493 e. The third-order valence-electron chi connectivity index (χ3n) is 6.14. The average molecular weight is 603 g/mol. The summed E-state index contributed by atoms with van der Waals surface area (Å²) in [6, 6.07) is 4.70. The van der Waals surface area contributed by atoms with Crippen LogP contribution in [0.5, 0.6) is 23.0 Å². The van der Waals surface area contributed by atoms with E-state index < -0.39 is 46.5 Å². The SMILES string of the molecule is CCCCOc1cc(OCCCC)c(-c2cc(F)c(C(F)(F)Oc3cc(F)c(F)c(F)c3)c(F)c2)c(OCCCC)c1. The van der Waals surface area contributed by atoms with E-state index >= 15 is 8.78 Å². The standard InChI is InChI=1S/C31H33F7O4/c1-4-7-10-39-20-17-26(40-11-8-5-2)28(27(18-20)41-12-9-6-3)19-13-22(32)29(23(33)14-19)31(37,38)42-21-15-24(34)30(36)25(35)16-21/h13-18H,4-12H2,1-3H3. The van der Waals surface area contributed by atoms with Gasteiger partial charge in [-0.05, 0) is 37.0 Å². The Kier molecular flexibility index (Phi) is 11.8. The lowest BCUT2D eigenvalue weighted by Crippen LogP contribution is -2.25. The molecule has 0 N–H and O–H groups in total. The van der Waals surface area contributed by atoms with Crippen LogP contribution in [-0.2, 0) is 6.11 Å². The van der Waals surface area contributed by atoms with Gasteiger partial charge in [0.25, 0.3) is 0 Å². The van der Waals surface area contributed by atoms with E-state index in [-0.39, 0.29) is 48.0 Å². The lowest BCUT2D eigenvalue weighted by atomic mass is 10.00. The topological polar surface area (TPSA) is 36.9 Å². The van der Waals surface area contributed by atoms with Crippen molar-refractivity contribution in [2.24, 2.45) is 0 Å². The zero-order valence-corrected chi connectivity index (χ0v) is 23.6. The smallest absolute Gasteiger partial charge is 0.432 e. The predicted octanol–water partition coefficient (Wildman–Crippen LogP) is 9.71. The lowest BCUT2D eigenvalue weighted by molar-refractivity contribution is -0.189. The Hall–Kier alpha value is -3.63. The van der Waals surface area contributed by atoms with Gasteiger partial charge in [0, 0.05) is 24.3 Å². The molecule has 0 amide bonds. The van der Waals surface area contributed by atoms with E-state index in [9.17, 15) is 22.0 Å². The fourth-order valence-corrected chi connectivity index (χ4v) is 3.93. The van der Waals surface area contributed by atoms with Crippen LogP contribution in [0.3, 0.4) is 0 Å². The molecule has 0 fully saturated rings. The number of alkyl halides is 2. The van der Waals surface area contributed by atoms with E-state index in [1.54, 1.807) is 12.1 Å². The molecule has 0 saturated carbocycles. The Labute approximate surface area is 240 Å². The Morgan fingerprint density at radius 2 is 1.02 bits per heavy atom. The van der Waals surface area contributed by atoms with Gasteiger partial charge in [0.05, 0.1) is 25.4 Å². The van der Waals surface area contributed by atoms with E-state index in [1.807, 2.05) is 20.8 Å². The number of hydrogen-bond donors (Lipinski definition) is 0. The van der Waals surface area contributed by atoms with E-state index in [4.69, 9.17) is 14.2 Å². The number of rotatable bonds is 16. The molecule has 0 heterocycles. The predicted molar refractivity (Wildman–Crippen MR) is 144 cm³/mol. The minimum Gasteiger partial charge on any atom is -0.493 e. The molecular weight excluding hydrogens is 569 g/mol. The van der Waals surface area contributed by atoms with Crippen molar-refractivity contribution >= 4 is 0 Å². The second-order valence-electron chi connectivity index (χ2n) is 9.54. The lowest BCUT2D eigenvalue weighted by Gasteiger charge is -2.22. The monoisotopic (exact) mass is 602 g/mol. The van der Waals surface area contributed by atoms with Crippen LogP contribution >= 0.6 is 0 Å². The molecule has 0 bridgehead atoms. The molecular formula is C31H33F7O4. The maximum Gasteiger partial charge on any atom is 0.432 e. The van der Waals surface area contributed by atoms with Crippen LogP contribution in [0.2, 0.25) is 0 Å². The molecule has 0 aliphatic carbocycles. The van der Waals surface area contributed by atoms with Gasteiger partial charge in [0.1, 0.15) is 40.2 Å². The van der Waals surface area contributed by atoms with Crippen LogP contribution in [0, 0.1) is 29.1 Å². The highest BCUT2D eigenvalue weighted by Crippen LogP contribution is 2.45. The van der Waals surface area contributed by atoms with Gasteiger partial charge in [-0.3, -0.25) is 0 Å². The highest BCUT2D eigenvalue weighted by atomic mass is 19.3. The summed E-state index contributed by atoms with van der Waals surface area (Å²) in [5.74, 6) is -9.37. The summed E-state index contributed by atoms with van der Waals surface area (Å²) in [5.41, 5.74) is -1.85. The molecule has 0 aliphatic heterocycles. The molecule has 230 valence electrons. The molecule has 0 aromatic heterocycles. The molecule has 0 aliphatic rings. The van der Waals surface area contributed by atoms with Gasteiger partial charge in [-0.2, -0.15) is 8.78 Å². The summed E-state index contributed by atoms with van der Waals surface area (Å²) >= 11 is 0. The second kappa shape index (κ2) is 15.0. The normalized spacial score (nSPS) is 11.5. The zero-order chi connectivity index (χ0) is 30.9. The van der Waals surface area contributed by atoms with Crippen molar-refractivity contribution in [3.05, 3.63) is 71.0 Å². The molecule has 4 nitrogen and oxygen atoms in total. The van der Waals surface area contributed by atoms with Crippen molar-refractivity contribution in [1.29, 1.82) is 0 Å². The molecule has 42 heavy (non-hydrogen) atoms. The molecule has 0 radical (unpaired) electrons. The molecule has 3 aromatic carbocycles. The van der Waals surface area contributed by atoms with Crippen molar-refractivity contribution in [3.63, 3.8) is 0 Å². The van der Waals surface area contributed by atoms with Gasteiger partial charge >= 0.3 is 6.11 Å². The van der Waals surface area contributed by atoms with Gasteiger partial charge in [-0.15, -0.1) is 0 Å². The minimum atomic E-state index is -4.72. The summed E-state index contributed by atoms with van der Waals surface area (Å²) in [6.07, 6.45) is -0.105. The van der Waals surface area contributed by atoms with E-state index in [1.165, 1.54) is 0 Å². The first kappa shape index (κ1) is 32.9. The maximum atomic E-state index is 15.3. The van der Waals surface area contributed by atoms with Crippen molar-refractivity contribution in [2.45, 2.75) is 65.4 Å². The van der Waals surface area contributed by atoms with Crippen LogP contribution in [0.25, 0.3) is 11.1 Å². The first-order valence-corrected chi connectivity index (χ1v) is 13.8. The average Bonchev–Trinajstić information content (AvgIpc) is 2.91. The first-order chi connectivity index (χ1) is 20.0. The van der Waals surface area contributed by atoms with Crippen molar-refractivity contribution in [3.8, 4) is 34.1 Å². The van der Waals surface area contributed by atoms with Crippen LogP contribution in [0.1, 0.15) is 64.9 Å². The fraction of sp³-hybridized carbons (Fsp3) is 0.419. The zero-order valence-electron chi connectivity index (χ0n) is 23.6. The van der Waals surface area contributed by atoms with Crippen LogP contribution in [0.15, 0.2) is 36.4 Å². The Morgan fingerprint density at radius 1 is 0.571 bits per heavy atom. The van der Waals surface area contributed by atoms with Gasteiger partial charge in [-0.25, -0.2) is 22.0 Å². The number of ether oxygens (including phenoxy) is 4. The van der Waals surface area contributed by atoms with Crippen molar-refractivity contribution < 1.29 is 49.7 Å². The molecule has 11 heteroatoms. The van der Waals surface area contributed by atoms with Gasteiger partial charge in [-0.1, -0.05) is 40.0 Å². The van der Waals surface area contributed by atoms with Gasteiger partial charge in [0.2, 0.25) is 0 Å². The highest BCUT2D eigenvalue weighted by Gasteiger charge is 2.42. The molecule has 0 spiro atoms. The Bertz CT molecular complexity index is 1270. The van der Waals surface area contributed by atoms with Crippen molar-refractivity contribution in [1.82, 2.24) is 0 Å². The summed E-state index contributed by atoms with van der Waals surface area (Å²) in [4.78, 5) is 0. The molecule has 3 rings (SSSR count). The van der Waals surface area contributed by atoms with E-state index in [0.717, 1.165) is 25.7 Å². The van der Waals surface area contributed by atoms with Gasteiger partial charge < -0.3 is 18.9 Å². The maximum absolute atomic E-state index is 15.3. The Balaban J connectivity index is 2.09. The highest BCUT2D eigenvalue weighted by molar-refractivity contribution is 5.78. The van der Waals surface area contributed by atoms with Crippen LogP contribution in [-0.4, -0.2) is 19.8 Å². The number of halogens is 7. The summed E-state index contributed by atoms with van der Waals surface area (Å²) in [5, 5.41) is 0. The van der Waals surface area contributed by atoms with Crippen molar-refractivity contribution in [2.75, 3.05) is 19.8 Å². The quantitative estimate of drug-likeness (QED) is 0.0930.